The molecule has 0 fully saturated rings. The summed E-state index contributed by atoms with van der Waals surface area (Å²) in [5, 5.41) is 9.20. The quantitative estimate of drug-likeness (QED) is 0.518. The number of hydrogen-bond acceptors (Lipinski definition) is 2. The van der Waals surface area contributed by atoms with Gasteiger partial charge in [-0.2, -0.15) is 0 Å². The molecule has 0 spiro atoms. The highest BCUT2D eigenvalue weighted by atomic mass is 16.5. The maximum atomic E-state index is 11.2. The Balaban J connectivity index is 2.27. The predicted octanol–water partition coefficient (Wildman–Crippen LogP) is 7.25. The fraction of sp³-hybridized carbons (Fsp3) is 0.464. The average Bonchev–Trinajstić information content (AvgIpc) is 2.69. The van der Waals surface area contributed by atoms with E-state index >= 15 is 0 Å². The number of benzene rings is 2. The highest BCUT2D eigenvalue weighted by Gasteiger charge is 2.41. The summed E-state index contributed by atoms with van der Waals surface area (Å²) in [6.07, 6.45) is 4.47. The van der Waals surface area contributed by atoms with Crippen molar-refractivity contribution in [3.05, 3.63) is 63.7 Å². The van der Waals surface area contributed by atoms with Crippen LogP contribution in [0.4, 0.5) is 0 Å². The molecule has 0 bridgehead atoms. The number of aromatic carboxylic acids is 1. The maximum Gasteiger partial charge on any atom is 0.335 e. The van der Waals surface area contributed by atoms with Crippen LogP contribution in [-0.4, -0.2) is 18.2 Å². The Kier molecular flexibility index (Phi) is 6.10. The number of ether oxygens (including phenoxy) is 1. The third kappa shape index (κ3) is 4.28. The van der Waals surface area contributed by atoms with Gasteiger partial charge in [0.25, 0.3) is 0 Å². The van der Waals surface area contributed by atoms with Crippen LogP contribution in [0.2, 0.25) is 0 Å². The van der Waals surface area contributed by atoms with E-state index < -0.39 is 5.97 Å². The number of fused-ring (bicyclic) bond motifs is 1. The van der Waals surface area contributed by atoms with Gasteiger partial charge in [-0.05, 0) is 70.9 Å². The van der Waals surface area contributed by atoms with Gasteiger partial charge in [0.2, 0.25) is 0 Å². The lowest BCUT2D eigenvalue weighted by molar-refractivity contribution is 0.0697. The van der Waals surface area contributed by atoms with Gasteiger partial charge in [0.05, 0.1) is 12.7 Å². The van der Waals surface area contributed by atoms with Crippen molar-refractivity contribution < 1.29 is 14.6 Å². The van der Waals surface area contributed by atoms with Crippen LogP contribution < -0.4 is 4.74 Å². The molecule has 3 rings (SSSR count). The van der Waals surface area contributed by atoms with Gasteiger partial charge in [0.1, 0.15) is 5.75 Å². The van der Waals surface area contributed by atoms with Gasteiger partial charge >= 0.3 is 5.97 Å². The molecule has 0 radical (unpaired) electrons. The lowest BCUT2D eigenvalue weighted by Crippen LogP contribution is -2.34. The summed E-state index contributed by atoms with van der Waals surface area (Å²) in [5.74, 6) is 0.371. The van der Waals surface area contributed by atoms with Crippen molar-refractivity contribution in [1.82, 2.24) is 0 Å². The second-order valence-corrected chi connectivity index (χ2v) is 10.5. The normalized spacial score (nSPS) is 17.4. The number of allylic oxidation sites excluding steroid dienone is 1. The van der Waals surface area contributed by atoms with Gasteiger partial charge in [0, 0.05) is 11.1 Å². The molecule has 2 aromatic carbocycles. The SMILES string of the molecule is COc1c(/C(=C/c2ccc(C(=O)O)cc2)C(C)C)c(C)cc2c1C(C)(C)CCC2(C)C. The minimum absolute atomic E-state index is 0.0455. The molecule has 1 N–H and O–H groups in total. The van der Waals surface area contributed by atoms with Crippen molar-refractivity contribution in [3.63, 3.8) is 0 Å². The van der Waals surface area contributed by atoms with E-state index in [4.69, 9.17) is 4.74 Å². The largest absolute Gasteiger partial charge is 0.496 e. The summed E-state index contributed by atoms with van der Waals surface area (Å²) >= 11 is 0. The minimum Gasteiger partial charge on any atom is -0.496 e. The molecular weight excluding hydrogens is 384 g/mol. The Morgan fingerprint density at radius 1 is 1.06 bits per heavy atom. The molecule has 0 aliphatic heterocycles. The van der Waals surface area contributed by atoms with Crippen LogP contribution >= 0.6 is 0 Å². The molecule has 1 aliphatic carbocycles. The number of hydrogen-bond donors (Lipinski definition) is 1. The molecule has 0 amide bonds. The standard InChI is InChI=1S/C28H36O3/c1-17(2)21(16-19-9-11-20(12-10-19)26(29)30)23-18(3)15-22-24(25(23)31-8)28(6,7)14-13-27(22,4)5/h9-12,15-17H,13-14H2,1-8H3,(H,29,30)/b21-16+. The summed E-state index contributed by atoms with van der Waals surface area (Å²) in [7, 11) is 1.79. The lowest BCUT2D eigenvalue weighted by Gasteiger charge is -2.43. The van der Waals surface area contributed by atoms with E-state index in [1.54, 1.807) is 19.2 Å². The number of carbonyl (C=O) groups is 1. The van der Waals surface area contributed by atoms with Crippen molar-refractivity contribution in [2.24, 2.45) is 5.92 Å². The average molecular weight is 421 g/mol. The number of carboxylic acids is 1. The van der Waals surface area contributed by atoms with Crippen molar-refractivity contribution in [2.75, 3.05) is 7.11 Å². The second-order valence-electron chi connectivity index (χ2n) is 10.5. The molecule has 3 heteroatoms. The Bertz CT molecular complexity index is 1020. The monoisotopic (exact) mass is 420 g/mol. The Hall–Kier alpha value is -2.55. The van der Waals surface area contributed by atoms with Crippen LogP contribution in [0.3, 0.4) is 0 Å². The van der Waals surface area contributed by atoms with Crippen molar-refractivity contribution >= 4 is 17.6 Å². The molecule has 0 atom stereocenters. The van der Waals surface area contributed by atoms with Gasteiger partial charge in [-0.1, -0.05) is 65.8 Å². The molecule has 2 aromatic rings. The van der Waals surface area contributed by atoms with Crippen LogP contribution in [0.25, 0.3) is 11.6 Å². The van der Waals surface area contributed by atoms with Crippen LogP contribution in [0.1, 0.15) is 92.6 Å². The van der Waals surface area contributed by atoms with Crippen LogP contribution in [-0.2, 0) is 10.8 Å². The van der Waals surface area contributed by atoms with Crippen molar-refractivity contribution in [2.45, 2.75) is 72.1 Å². The molecule has 0 saturated heterocycles. The molecule has 0 heterocycles. The lowest BCUT2D eigenvalue weighted by atomic mass is 9.61. The van der Waals surface area contributed by atoms with Crippen LogP contribution in [0.15, 0.2) is 30.3 Å². The molecule has 1 aliphatic rings. The zero-order valence-electron chi connectivity index (χ0n) is 20.2. The number of methoxy groups -OCH3 is 1. The summed E-state index contributed by atoms with van der Waals surface area (Å²) in [4.78, 5) is 11.2. The molecule has 31 heavy (non-hydrogen) atoms. The second kappa shape index (κ2) is 8.18. The molecule has 3 nitrogen and oxygen atoms in total. The molecule has 0 aromatic heterocycles. The topological polar surface area (TPSA) is 46.5 Å². The van der Waals surface area contributed by atoms with Gasteiger partial charge in [0.15, 0.2) is 0 Å². The van der Waals surface area contributed by atoms with E-state index in [9.17, 15) is 9.90 Å². The first-order valence-electron chi connectivity index (χ1n) is 11.2. The first-order chi connectivity index (χ1) is 14.4. The van der Waals surface area contributed by atoms with E-state index in [0.717, 1.165) is 24.2 Å². The van der Waals surface area contributed by atoms with Crippen LogP contribution in [0, 0.1) is 12.8 Å². The van der Waals surface area contributed by atoms with Crippen LogP contribution in [0.5, 0.6) is 5.75 Å². The third-order valence-corrected chi connectivity index (χ3v) is 6.85. The highest BCUT2D eigenvalue weighted by Crippen LogP contribution is 2.52. The van der Waals surface area contributed by atoms with Gasteiger partial charge in [-0.3, -0.25) is 0 Å². The zero-order chi connectivity index (χ0) is 23.1. The first kappa shape index (κ1) is 23.1. The van der Waals surface area contributed by atoms with Gasteiger partial charge in [-0.25, -0.2) is 4.79 Å². The van der Waals surface area contributed by atoms with E-state index in [1.165, 1.54) is 27.8 Å². The van der Waals surface area contributed by atoms with Gasteiger partial charge in [-0.15, -0.1) is 0 Å². The predicted molar refractivity (Wildman–Crippen MR) is 129 cm³/mol. The third-order valence-electron chi connectivity index (χ3n) is 6.85. The number of aryl methyl sites for hydroxylation is 1. The van der Waals surface area contributed by atoms with Gasteiger partial charge < -0.3 is 9.84 Å². The summed E-state index contributed by atoms with van der Waals surface area (Å²) in [5.41, 5.74) is 7.80. The van der Waals surface area contributed by atoms with E-state index in [0.29, 0.717) is 5.56 Å². The van der Waals surface area contributed by atoms with E-state index in [-0.39, 0.29) is 16.7 Å². The van der Waals surface area contributed by atoms with E-state index in [2.05, 4.69) is 60.6 Å². The number of rotatable bonds is 5. The summed E-state index contributed by atoms with van der Waals surface area (Å²) in [6.45, 7) is 15.9. The fourth-order valence-corrected chi connectivity index (χ4v) is 4.87. The Morgan fingerprint density at radius 3 is 2.16 bits per heavy atom. The molecule has 166 valence electrons. The molecule has 0 unspecified atom stereocenters. The summed E-state index contributed by atoms with van der Waals surface area (Å²) < 4.78 is 6.15. The minimum atomic E-state index is -0.906. The molecule has 0 saturated carbocycles. The van der Waals surface area contributed by atoms with Crippen molar-refractivity contribution in [1.29, 1.82) is 0 Å². The molecular formula is C28H36O3. The Labute approximate surface area is 187 Å². The maximum absolute atomic E-state index is 11.2. The highest BCUT2D eigenvalue weighted by molar-refractivity contribution is 5.90. The van der Waals surface area contributed by atoms with Crippen molar-refractivity contribution in [3.8, 4) is 5.75 Å². The zero-order valence-corrected chi connectivity index (χ0v) is 20.2. The fourth-order valence-electron chi connectivity index (χ4n) is 4.87. The van der Waals surface area contributed by atoms with E-state index in [1.807, 2.05) is 12.1 Å². The smallest absolute Gasteiger partial charge is 0.335 e. The first-order valence-corrected chi connectivity index (χ1v) is 11.2. The number of carboxylic acid groups (broad SMARTS) is 1. The summed E-state index contributed by atoms with van der Waals surface area (Å²) in [6, 6.07) is 9.44. The Morgan fingerprint density at radius 2 is 1.65 bits per heavy atom.